The molecule has 0 bridgehead atoms. The van der Waals surface area contributed by atoms with E-state index in [0.29, 0.717) is 0 Å². The van der Waals surface area contributed by atoms with Gasteiger partial charge >= 0.3 is 0 Å². The van der Waals surface area contributed by atoms with Crippen LogP contribution in [0.5, 0.6) is 0 Å². The number of hydrogen-bond donors (Lipinski definition) is 1. The second-order valence-corrected chi connectivity index (χ2v) is 5.56. The molecule has 0 radical (unpaired) electrons. The van der Waals surface area contributed by atoms with Crippen LogP contribution in [0.4, 0.5) is 0 Å². The van der Waals surface area contributed by atoms with Gasteiger partial charge in [0.1, 0.15) is 11.0 Å². The van der Waals surface area contributed by atoms with Gasteiger partial charge in [0, 0.05) is 18.0 Å². The average Bonchev–Trinajstić information content (AvgIpc) is 2.50. The Labute approximate surface area is 80.1 Å². The molecule has 1 unspecified atom stereocenters. The number of H-pyrrole nitrogens is 1. The first-order valence-corrected chi connectivity index (χ1v) is 5.05. The minimum Gasteiger partial charge on any atom is -0.285 e. The first kappa shape index (κ1) is 10.1. The number of rotatable bonds is 2. The van der Waals surface area contributed by atoms with Crippen LogP contribution < -0.4 is 0 Å². The van der Waals surface area contributed by atoms with Crippen molar-refractivity contribution in [2.75, 3.05) is 0 Å². The summed E-state index contributed by atoms with van der Waals surface area (Å²) in [5.41, 5.74) is 0.831. The molecule has 0 saturated carbocycles. The second-order valence-electron chi connectivity index (χ2n) is 3.63. The van der Waals surface area contributed by atoms with Gasteiger partial charge in [-0.3, -0.25) is 5.10 Å². The lowest BCUT2D eigenvalue weighted by atomic mass is 10.3. The molecular formula is C8H13N3OS. The zero-order valence-corrected chi connectivity index (χ0v) is 8.76. The van der Waals surface area contributed by atoms with Crippen LogP contribution in [0.2, 0.25) is 0 Å². The molecule has 1 aromatic heterocycles. The Hall–Kier alpha value is -0.970. The predicted molar refractivity (Wildman–Crippen MR) is 54.1 cm³/mol. The van der Waals surface area contributed by atoms with Crippen molar-refractivity contribution in [1.29, 1.82) is 0 Å². The zero-order valence-electron chi connectivity index (χ0n) is 7.94. The monoisotopic (exact) mass is 199 g/mol. The lowest BCUT2D eigenvalue weighted by Gasteiger charge is -2.12. The van der Waals surface area contributed by atoms with E-state index in [2.05, 4.69) is 14.6 Å². The van der Waals surface area contributed by atoms with E-state index in [9.17, 15) is 4.21 Å². The van der Waals surface area contributed by atoms with Gasteiger partial charge in [0.25, 0.3) is 0 Å². The lowest BCUT2D eigenvalue weighted by molar-refractivity contribution is 0.651. The number of aromatic amines is 1. The van der Waals surface area contributed by atoms with Crippen molar-refractivity contribution in [1.82, 2.24) is 10.2 Å². The Morgan fingerprint density at radius 1 is 1.62 bits per heavy atom. The molecule has 0 aliphatic rings. The molecule has 1 atom stereocenters. The summed E-state index contributed by atoms with van der Waals surface area (Å²) in [5, 5.41) is 6.40. The Kier molecular flexibility index (Phi) is 2.98. The summed E-state index contributed by atoms with van der Waals surface area (Å²) in [6, 6.07) is 0. The van der Waals surface area contributed by atoms with E-state index in [1.165, 1.54) is 0 Å². The third kappa shape index (κ3) is 3.10. The number of hydrogen-bond acceptors (Lipinski definition) is 2. The summed E-state index contributed by atoms with van der Waals surface area (Å²) >= 11 is 0. The van der Waals surface area contributed by atoms with E-state index >= 15 is 0 Å². The maximum Gasteiger partial charge on any atom is 0.144 e. The minimum atomic E-state index is -1.19. The van der Waals surface area contributed by atoms with Gasteiger partial charge in [-0.2, -0.15) is 9.50 Å². The van der Waals surface area contributed by atoms with Crippen molar-refractivity contribution in [3.8, 4) is 0 Å². The number of nitrogens with zero attached hydrogens (tertiary/aromatic N) is 2. The van der Waals surface area contributed by atoms with Crippen molar-refractivity contribution < 1.29 is 4.21 Å². The third-order valence-corrected chi connectivity index (χ3v) is 2.69. The Morgan fingerprint density at radius 2 is 2.31 bits per heavy atom. The molecule has 1 rings (SSSR count). The molecule has 4 nitrogen and oxygen atoms in total. The summed E-state index contributed by atoms with van der Waals surface area (Å²) in [5.74, 6) is 0. The van der Waals surface area contributed by atoms with Gasteiger partial charge in [0.2, 0.25) is 0 Å². The summed E-state index contributed by atoms with van der Waals surface area (Å²) in [4.78, 5) is 0. The fourth-order valence-electron chi connectivity index (χ4n) is 0.598. The first-order valence-electron chi connectivity index (χ1n) is 3.95. The number of nitrogens with one attached hydrogen (secondary N) is 1. The maximum absolute atomic E-state index is 11.4. The number of aromatic nitrogens is 2. The molecule has 0 aliphatic heterocycles. The van der Waals surface area contributed by atoms with Gasteiger partial charge in [0.05, 0.1) is 10.9 Å². The van der Waals surface area contributed by atoms with Gasteiger partial charge in [-0.05, 0) is 20.8 Å². The van der Waals surface area contributed by atoms with Gasteiger partial charge < -0.3 is 0 Å². The van der Waals surface area contributed by atoms with Gasteiger partial charge in [-0.1, -0.05) is 0 Å². The van der Waals surface area contributed by atoms with Crippen LogP contribution in [-0.4, -0.2) is 25.4 Å². The highest BCUT2D eigenvalue weighted by Crippen LogP contribution is 2.11. The van der Waals surface area contributed by atoms with Gasteiger partial charge in [0.15, 0.2) is 0 Å². The van der Waals surface area contributed by atoms with E-state index in [1.54, 1.807) is 18.6 Å². The average molecular weight is 199 g/mol. The highest BCUT2D eigenvalue weighted by molar-refractivity contribution is 7.85. The van der Waals surface area contributed by atoms with E-state index < -0.39 is 11.0 Å². The van der Waals surface area contributed by atoms with Crippen molar-refractivity contribution in [3.05, 3.63) is 18.0 Å². The van der Waals surface area contributed by atoms with Crippen LogP contribution >= 0.6 is 0 Å². The fourth-order valence-corrected chi connectivity index (χ4v) is 1.13. The summed E-state index contributed by atoms with van der Waals surface area (Å²) in [7, 11) is -1.19. The lowest BCUT2D eigenvalue weighted by Crippen LogP contribution is -2.19. The molecule has 0 aromatic carbocycles. The molecule has 72 valence electrons. The first-order chi connectivity index (χ1) is 6.00. The van der Waals surface area contributed by atoms with Crippen LogP contribution in [0.3, 0.4) is 0 Å². The minimum absolute atomic E-state index is 0.305. The van der Waals surface area contributed by atoms with Crippen LogP contribution in [0.15, 0.2) is 16.8 Å². The molecule has 0 aliphatic carbocycles. The predicted octanol–water partition coefficient (Wildman–Crippen LogP) is 1.29. The van der Waals surface area contributed by atoms with Crippen molar-refractivity contribution in [2.45, 2.75) is 25.5 Å². The quantitative estimate of drug-likeness (QED) is 0.730. The largest absolute Gasteiger partial charge is 0.285 e. The van der Waals surface area contributed by atoms with Gasteiger partial charge in [-0.15, -0.1) is 0 Å². The van der Waals surface area contributed by atoms with E-state index in [1.807, 2.05) is 20.8 Å². The highest BCUT2D eigenvalue weighted by atomic mass is 32.2. The second kappa shape index (κ2) is 3.83. The van der Waals surface area contributed by atoms with E-state index in [4.69, 9.17) is 0 Å². The maximum atomic E-state index is 11.4. The molecule has 1 aromatic rings. The molecule has 1 N–H and O–H groups in total. The molecule has 0 saturated heterocycles. The molecule has 1 heterocycles. The topological polar surface area (TPSA) is 58.1 Å². The normalized spacial score (nSPS) is 15.0. The van der Waals surface area contributed by atoms with Crippen LogP contribution in [0, 0.1) is 0 Å². The van der Waals surface area contributed by atoms with E-state index in [0.717, 1.165) is 5.56 Å². The van der Waals surface area contributed by atoms with Crippen LogP contribution in [0.25, 0.3) is 0 Å². The van der Waals surface area contributed by atoms with Crippen LogP contribution in [0.1, 0.15) is 26.3 Å². The van der Waals surface area contributed by atoms with Crippen LogP contribution in [-0.2, 0) is 11.0 Å². The molecule has 0 fully saturated rings. The van der Waals surface area contributed by atoms with Crippen molar-refractivity contribution >= 4 is 17.2 Å². The highest BCUT2D eigenvalue weighted by Gasteiger charge is 2.17. The third-order valence-electron chi connectivity index (χ3n) is 1.34. The molecule has 0 amide bonds. The standard InChI is InChI=1S/C8H13N3OS/c1-8(2,3)13(12)11-6-7-4-9-10-5-7/h4-6H,1-3H3,(H,9,10). The smallest absolute Gasteiger partial charge is 0.144 e. The zero-order chi connectivity index (χ0) is 9.90. The Morgan fingerprint density at radius 3 is 2.77 bits per heavy atom. The van der Waals surface area contributed by atoms with Crippen molar-refractivity contribution in [2.24, 2.45) is 4.40 Å². The summed E-state index contributed by atoms with van der Waals surface area (Å²) in [6.07, 6.45) is 4.89. The summed E-state index contributed by atoms with van der Waals surface area (Å²) in [6.45, 7) is 5.65. The Bertz CT molecular complexity index is 311. The fraction of sp³-hybridized carbons (Fsp3) is 0.500. The molecular weight excluding hydrogens is 186 g/mol. The molecule has 5 heteroatoms. The Balaban J connectivity index is 2.65. The van der Waals surface area contributed by atoms with Crippen molar-refractivity contribution in [3.63, 3.8) is 0 Å². The molecule has 0 spiro atoms. The van der Waals surface area contributed by atoms with E-state index in [-0.39, 0.29) is 4.75 Å². The summed E-state index contributed by atoms with van der Waals surface area (Å²) < 4.78 is 15.1. The molecule has 13 heavy (non-hydrogen) atoms. The SMILES string of the molecule is CC(C)(C)S(=O)N=Cc1cn[nH]c1. The van der Waals surface area contributed by atoms with Gasteiger partial charge in [-0.25, -0.2) is 4.21 Å².